The van der Waals surface area contributed by atoms with E-state index in [1.54, 1.807) is 6.92 Å². The van der Waals surface area contributed by atoms with Gasteiger partial charge in [0, 0.05) is 6.54 Å². The molecule has 2 unspecified atom stereocenters. The van der Waals surface area contributed by atoms with Crippen LogP contribution in [0.4, 0.5) is 4.79 Å². The SMILES string of the molecule is CCOC(=O)C(C)NC(=O)N1CCOCC1C(=O)O. The summed E-state index contributed by atoms with van der Waals surface area (Å²) in [6.07, 6.45) is 0. The number of ether oxygens (including phenoxy) is 2. The van der Waals surface area contributed by atoms with Gasteiger partial charge in [-0.2, -0.15) is 0 Å². The molecule has 0 aromatic heterocycles. The minimum atomic E-state index is -1.14. The predicted molar refractivity (Wildman–Crippen MR) is 63.6 cm³/mol. The van der Waals surface area contributed by atoms with Crippen LogP contribution < -0.4 is 5.32 Å². The molecule has 2 N–H and O–H groups in total. The van der Waals surface area contributed by atoms with Crippen LogP contribution in [0.2, 0.25) is 0 Å². The molecular weight excluding hydrogens is 256 g/mol. The lowest BCUT2D eigenvalue weighted by atomic mass is 10.2. The fourth-order valence-corrected chi connectivity index (χ4v) is 1.65. The maximum absolute atomic E-state index is 11.9. The molecule has 0 aromatic carbocycles. The molecule has 8 heteroatoms. The van der Waals surface area contributed by atoms with Crippen LogP contribution >= 0.6 is 0 Å². The number of esters is 1. The Hall–Kier alpha value is -1.83. The Morgan fingerprint density at radius 2 is 2.21 bits per heavy atom. The second kappa shape index (κ2) is 6.93. The van der Waals surface area contributed by atoms with Gasteiger partial charge < -0.3 is 24.8 Å². The van der Waals surface area contributed by atoms with Gasteiger partial charge in [-0.3, -0.25) is 0 Å². The number of aliphatic carboxylic acids is 1. The Balaban J connectivity index is 2.60. The first-order valence-corrected chi connectivity index (χ1v) is 6.01. The normalized spacial score (nSPS) is 20.5. The average molecular weight is 274 g/mol. The van der Waals surface area contributed by atoms with Gasteiger partial charge in [-0.25, -0.2) is 14.4 Å². The molecule has 0 aromatic rings. The van der Waals surface area contributed by atoms with Gasteiger partial charge in [0.2, 0.25) is 0 Å². The molecule has 0 spiro atoms. The molecule has 1 heterocycles. The number of hydrogen-bond acceptors (Lipinski definition) is 5. The van der Waals surface area contributed by atoms with Gasteiger partial charge in [-0.15, -0.1) is 0 Å². The average Bonchev–Trinajstić information content (AvgIpc) is 2.38. The highest BCUT2D eigenvalue weighted by Crippen LogP contribution is 2.08. The molecule has 0 radical (unpaired) electrons. The third kappa shape index (κ3) is 4.09. The van der Waals surface area contributed by atoms with Crippen molar-refractivity contribution in [3.63, 3.8) is 0 Å². The van der Waals surface area contributed by atoms with Crippen molar-refractivity contribution in [2.45, 2.75) is 25.9 Å². The van der Waals surface area contributed by atoms with E-state index in [0.717, 1.165) is 4.90 Å². The number of urea groups is 1. The predicted octanol–water partition coefficient (Wildman–Crippen LogP) is -0.567. The second-order valence-electron chi connectivity index (χ2n) is 4.05. The van der Waals surface area contributed by atoms with Crippen LogP contribution in [0.25, 0.3) is 0 Å². The van der Waals surface area contributed by atoms with E-state index in [2.05, 4.69) is 5.32 Å². The Labute approximate surface area is 110 Å². The van der Waals surface area contributed by atoms with E-state index in [1.165, 1.54) is 6.92 Å². The van der Waals surface area contributed by atoms with Crippen molar-refractivity contribution in [2.24, 2.45) is 0 Å². The highest BCUT2D eigenvalue weighted by molar-refractivity contribution is 5.86. The molecule has 0 saturated carbocycles. The summed E-state index contributed by atoms with van der Waals surface area (Å²) in [6.45, 7) is 3.73. The molecule has 0 aliphatic carbocycles. The fourth-order valence-electron chi connectivity index (χ4n) is 1.65. The number of carbonyl (C=O) groups excluding carboxylic acids is 2. The molecule has 1 saturated heterocycles. The molecule has 2 atom stereocenters. The standard InChI is InChI=1S/C11H18N2O6/c1-3-19-10(16)7(2)12-11(17)13-4-5-18-6-8(13)9(14)15/h7-8H,3-6H2,1-2H3,(H,12,17)(H,14,15). The van der Waals surface area contributed by atoms with Crippen molar-refractivity contribution in [1.82, 2.24) is 10.2 Å². The van der Waals surface area contributed by atoms with Crippen LogP contribution in [0.3, 0.4) is 0 Å². The largest absolute Gasteiger partial charge is 0.480 e. The number of amides is 2. The summed E-state index contributed by atoms with van der Waals surface area (Å²) in [4.78, 5) is 35.4. The Morgan fingerprint density at radius 1 is 1.53 bits per heavy atom. The van der Waals surface area contributed by atoms with E-state index in [4.69, 9.17) is 14.6 Å². The Morgan fingerprint density at radius 3 is 2.79 bits per heavy atom. The Bertz CT molecular complexity index is 359. The van der Waals surface area contributed by atoms with E-state index in [1.807, 2.05) is 0 Å². The zero-order valence-corrected chi connectivity index (χ0v) is 10.9. The molecule has 108 valence electrons. The van der Waals surface area contributed by atoms with Crippen molar-refractivity contribution in [3.05, 3.63) is 0 Å². The summed E-state index contributed by atoms with van der Waals surface area (Å²) in [6, 6.07) is -2.48. The molecule has 19 heavy (non-hydrogen) atoms. The first kappa shape index (κ1) is 15.2. The van der Waals surface area contributed by atoms with E-state index in [9.17, 15) is 14.4 Å². The van der Waals surface area contributed by atoms with Gasteiger partial charge in [-0.1, -0.05) is 0 Å². The maximum Gasteiger partial charge on any atom is 0.328 e. The monoisotopic (exact) mass is 274 g/mol. The first-order valence-electron chi connectivity index (χ1n) is 6.01. The molecule has 0 bridgehead atoms. The van der Waals surface area contributed by atoms with Crippen molar-refractivity contribution >= 4 is 18.0 Å². The minimum absolute atomic E-state index is 0.0590. The van der Waals surface area contributed by atoms with Gasteiger partial charge in [0.25, 0.3) is 0 Å². The zero-order valence-electron chi connectivity index (χ0n) is 10.9. The highest BCUT2D eigenvalue weighted by atomic mass is 16.5. The number of nitrogens with one attached hydrogen (secondary N) is 1. The highest BCUT2D eigenvalue weighted by Gasteiger charge is 2.33. The van der Waals surface area contributed by atoms with Crippen molar-refractivity contribution in [3.8, 4) is 0 Å². The van der Waals surface area contributed by atoms with Crippen LogP contribution in [0.5, 0.6) is 0 Å². The maximum atomic E-state index is 11.9. The smallest absolute Gasteiger partial charge is 0.328 e. The van der Waals surface area contributed by atoms with Gasteiger partial charge in [0.1, 0.15) is 6.04 Å². The quantitative estimate of drug-likeness (QED) is 0.665. The summed E-state index contributed by atoms with van der Waals surface area (Å²) >= 11 is 0. The van der Waals surface area contributed by atoms with Crippen LogP contribution in [-0.4, -0.2) is 66.4 Å². The lowest BCUT2D eigenvalue weighted by Crippen LogP contribution is -2.57. The summed E-state index contributed by atoms with van der Waals surface area (Å²) in [5.74, 6) is -1.70. The molecule has 1 aliphatic heterocycles. The number of nitrogens with zero attached hydrogens (tertiary/aromatic N) is 1. The lowest BCUT2D eigenvalue weighted by molar-refractivity contribution is -0.147. The van der Waals surface area contributed by atoms with E-state index < -0.39 is 30.1 Å². The van der Waals surface area contributed by atoms with Crippen molar-refractivity contribution in [1.29, 1.82) is 0 Å². The second-order valence-corrected chi connectivity index (χ2v) is 4.05. The van der Waals surface area contributed by atoms with Crippen LogP contribution in [0.1, 0.15) is 13.8 Å². The van der Waals surface area contributed by atoms with E-state index in [0.29, 0.717) is 0 Å². The summed E-state index contributed by atoms with van der Waals surface area (Å²) in [5, 5.41) is 11.4. The third-order valence-electron chi connectivity index (χ3n) is 2.65. The first-order chi connectivity index (χ1) is 8.97. The fraction of sp³-hybridized carbons (Fsp3) is 0.727. The molecule has 1 fully saturated rings. The Kier molecular flexibility index (Phi) is 5.56. The molecule has 1 aliphatic rings. The molecular formula is C11H18N2O6. The third-order valence-corrected chi connectivity index (χ3v) is 2.65. The van der Waals surface area contributed by atoms with Crippen LogP contribution in [0.15, 0.2) is 0 Å². The lowest BCUT2D eigenvalue weighted by Gasteiger charge is -2.33. The molecule has 1 rings (SSSR count). The minimum Gasteiger partial charge on any atom is -0.480 e. The van der Waals surface area contributed by atoms with Gasteiger partial charge in [-0.05, 0) is 13.8 Å². The number of carboxylic acids is 1. The number of carbonyl (C=O) groups is 3. The van der Waals surface area contributed by atoms with Crippen LogP contribution in [-0.2, 0) is 19.1 Å². The van der Waals surface area contributed by atoms with Crippen molar-refractivity contribution < 1.29 is 29.0 Å². The summed E-state index contributed by atoms with van der Waals surface area (Å²) in [7, 11) is 0. The van der Waals surface area contributed by atoms with Crippen molar-refractivity contribution in [2.75, 3.05) is 26.4 Å². The number of rotatable bonds is 4. The number of morpholine rings is 1. The van der Waals surface area contributed by atoms with Crippen LogP contribution in [0, 0.1) is 0 Å². The summed E-state index contributed by atoms with van der Waals surface area (Å²) < 4.78 is 9.77. The van der Waals surface area contributed by atoms with E-state index >= 15 is 0 Å². The van der Waals surface area contributed by atoms with E-state index in [-0.39, 0.29) is 26.4 Å². The molecule has 8 nitrogen and oxygen atoms in total. The topological polar surface area (TPSA) is 105 Å². The molecule has 2 amide bonds. The summed E-state index contributed by atoms with van der Waals surface area (Å²) in [5.41, 5.74) is 0. The van der Waals surface area contributed by atoms with Gasteiger partial charge in [0.15, 0.2) is 6.04 Å². The number of carboxylic acid groups (broad SMARTS) is 1. The van der Waals surface area contributed by atoms with Gasteiger partial charge >= 0.3 is 18.0 Å². The van der Waals surface area contributed by atoms with Gasteiger partial charge in [0.05, 0.1) is 19.8 Å². The zero-order chi connectivity index (χ0) is 14.4. The number of hydrogen-bond donors (Lipinski definition) is 2.